The number of fused-ring (bicyclic) bond motifs is 2. The lowest BCUT2D eigenvalue weighted by molar-refractivity contribution is -0.170. The van der Waals surface area contributed by atoms with E-state index in [1.165, 1.54) is 0 Å². The highest BCUT2D eigenvalue weighted by Crippen LogP contribution is 2.33. The molecule has 0 amide bonds. The van der Waals surface area contributed by atoms with Crippen molar-refractivity contribution in [3.05, 3.63) is 0 Å². The minimum Gasteiger partial charge on any atom is -0.372 e. The van der Waals surface area contributed by atoms with Gasteiger partial charge in [-0.1, -0.05) is 13.8 Å². The molecule has 0 aromatic rings. The van der Waals surface area contributed by atoms with Crippen LogP contribution in [0.15, 0.2) is 0 Å². The molecule has 0 N–H and O–H groups in total. The van der Waals surface area contributed by atoms with E-state index in [0.717, 1.165) is 12.8 Å². The van der Waals surface area contributed by atoms with Crippen LogP contribution >= 0.6 is 0 Å². The second kappa shape index (κ2) is 4.22. The lowest BCUT2D eigenvalue weighted by atomic mass is 9.85. The van der Waals surface area contributed by atoms with Crippen LogP contribution in [0.4, 0.5) is 0 Å². The van der Waals surface area contributed by atoms with Crippen molar-refractivity contribution in [1.82, 2.24) is 4.90 Å². The molecule has 3 nitrogen and oxygen atoms in total. The van der Waals surface area contributed by atoms with E-state index in [4.69, 9.17) is 4.74 Å². The van der Waals surface area contributed by atoms with E-state index >= 15 is 0 Å². The Morgan fingerprint density at radius 3 is 2.07 bits per heavy atom. The number of likely N-dealkylation sites (N-methyl/N-ethyl adjacent to an activating group) is 1. The number of ketones is 1. The zero-order valence-corrected chi connectivity index (χ0v) is 9.90. The molecule has 2 heterocycles. The van der Waals surface area contributed by atoms with Gasteiger partial charge in [0.25, 0.3) is 0 Å². The monoisotopic (exact) mass is 211 g/mol. The zero-order chi connectivity index (χ0) is 11.0. The number of morpholine rings is 1. The molecule has 86 valence electrons. The largest absolute Gasteiger partial charge is 0.372 e. The fourth-order valence-corrected chi connectivity index (χ4v) is 3.01. The first kappa shape index (κ1) is 11.1. The Morgan fingerprint density at radius 2 is 1.67 bits per heavy atom. The first-order chi connectivity index (χ1) is 7.17. The van der Waals surface area contributed by atoms with Crippen molar-refractivity contribution in [3.63, 3.8) is 0 Å². The summed E-state index contributed by atoms with van der Waals surface area (Å²) < 4.78 is 6.08. The molecular weight excluding hydrogens is 190 g/mol. The van der Waals surface area contributed by atoms with Gasteiger partial charge in [-0.25, -0.2) is 0 Å². The molecule has 0 aromatic heterocycles. The number of nitrogens with zero attached hydrogens (tertiary/aromatic N) is 1. The van der Waals surface area contributed by atoms with Gasteiger partial charge in [-0.2, -0.15) is 0 Å². The van der Waals surface area contributed by atoms with Crippen molar-refractivity contribution in [1.29, 1.82) is 0 Å². The summed E-state index contributed by atoms with van der Waals surface area (Å²) >= 11 is 0. The molecule has 2 aliphatic heterocycles. The number of Topliss-reactive ketones (excluding diaryl/α,β-unsaturated/α-hetero) is 1. The molecule has 2 rings (SSSR count). The number of carbonyl (C=O) groups is 1. The lowest BCUT2D eigenvalue weighted by Gasteiger charge is -2.51. The molecule has 2 aliphatic rings. The first-order valence-corrected chi connectivity index (χ1v) is 6.06. The van der Waals surface area contributed by atoms with Crippen LogP contribution in [-0.4, -0.2) is 42.0 Å². The second-order valence-corrected chi connectivity index (χ2v) is 4.78. The Kier molecular flexibility index (Phi) is 3.12. The quantitative estimate of drug-likeness (QED) is 0.695. The van der Waals surface area contributed by atoms with Gasteiger partial charge in [-0.15, -0.1) is 0 Å². The molecular formula is C12H21NO2. The Balaban J connectivity index is 2.20. The van der Waals surface area contributed by atoms with E-state index in [0.29, 0.717) is 30.7 Å². The van der Waals surface area contributed by atoms with E-state index in [-0.39, 0.29) is 12.2 Å². The van der Waals surface area contributed by atoms with Crippen molar-refractivity contribution >= 4 is 5.78 Å². The molecule has 4 atom stereocenters. The maximum absolute atomic E-state index is 11.7. The molecule has 2 bridgehead atoms. The molecule has 0 saturated carbocycles. The van der Waals surface area contributed by atoms with E-state index < -0.39 is 0 Å². The van der Waals surface area contributed by atoms with Crippen LogP contribution in [0.25, 0.3) is 0 Å². The molecule has 4 unspecified atom stereocenters. The third-order valence-corrected chi connectivity index (χ3v) is 3.93. The van der Waals surface area contributed by atoms with Gasteiger partial charge < -0.3 is 4.74 Å². The van der Waals surface area contributed by atoms with Crippen molar-refractivity contribution in [2.75, 3.05) is 7.05 Å². The molecule has 3 heteroatoms. The number of hydrogen-bond donors (Lipinski definition) is 0. The highest BCUT2D eigenvalue weighted by Gasteiger charge is 2.45. The van der Waals surface area contributed by atoms with Crippen molar-refractivity contribution in [3.8, 4) is 0 Å². The number of carbonyl (C=O) groups excluding carboxylic acids is 1. The van der Waals surface area contributed by atoms with Crippen LogP contribution in [0, 0.1) is 0 Å². The summed E-state index contributed by atoms with van der Waals surface area (Å²) in [5.41, 5.74) is 0. The fourth-order valence-electron chi connectivity index (χ4n) is 3.01. The predicted octanol–water partition coefficient (Wildman–Crippen LogP) is 1.61. The second-order valence-electron chi connectivity index (χ2n) is 4.78. The molecule has 15 heavy (non-hydrogen) atoms. The predicted molar refractivity (Wildman–Crippen MR) is 58.8 cm³/mol. The van der Waals surface area contributed by atoms with Crippen molar-refractivity contribution in [2.24, 2.45) is 0 Å². The van der Waals surface area contributed by atoms with Crippen LogP contribution in [0.5, 0.6) is 0 Å². The standard InChI is InChI=1S/C12H21NO2/c1-4-11-9-6-8(14)7-10(13(9)3)12(5-2)15-11/h9-12H,4-7H2,1-3H3. The summed E-state index contributed by atoms with van der Waals surface area (Å²) in [5, 5.41) is 0. The molecule has 2 saturated heterocycles. The molecule has 0 aromatic carbocycles. The molecule has 0 aliphatic carbocycles. The fraction of sp³-hybridized carbons (Fsp3) is 0.917. The van der Waals surface area contributed by atoms with Gasteiger partial charge in [0, 0.05) is 24.9 Å². The number of ether oxygens (including phenoxy) is 1. The van der Waals surface area contributed by atoms with Gasteiger partial charge in [0.05, 0.1) is 12.2 Å². The van der Waals surface area contributed by atoms with Gasteiger partial charge in [0.2, 0.25) is 0 Å². The van der Waals surface area contributed by atoms with Gasteiger partial charge in [-0.3, -0.25) is 9.69 Å². The van der Waals surface area contributed by atoms with Crippen molar-refractivity contribution < 1.29 is 9.53 Å². The van der Waals surface area contributed by atoms with Crippen LogP contribution in [0.1, 0.15) is 39.5 Å². The normalized spacial score (nSPS) is 41.9. The Morgan fingerprint density at radius 1 is 1.20 bits per heavy atom. The highest BCUT2D eigenvalue weighted by atomic mass is 16.5. The van der Waals surface area contributed by atoms with Crippen LogP contribution in [0.3, 0.4) is 0 Å². The summed E-state index contributed by atoms with van der Waals surface area (Å²) in [5.74, 6) is 0.420. The van der Waals surface area contributed by atoms with Gasteiger partial charge in [-0.05, 0) is 19.9 Å². The zero-order valence-electron chi connectivity index (χ0n) is 9.90. The lowest BCUT2D eigenvalue weighted by Crippen LogP contribution is -2.62. The van der Waals surface area contributed by atoms with E-state index in [1.807, 2.05) is 0 Å². The average molecular weight is 211 g/mol. The summed E-state index contributed by atoms with van der Waals surface area (Å²) in [6.07, 6.45) is 3.88. The van der Waals surface area contributed by atoms with Crippen LogP contribution in [0.2, 0.25) is 0 Å². The number of hydrogen-bond acceptors (Lipinski definition) is 3. The molecule has 0 spiro atoms. The summed E-state index contributed by atoms with van der Waals surface area (Å²) in [6, 6.07) is 0.646. The molecule has 0 radical (unpaired) electrons. The third-order valence-electron chi connectivity index (χ3n) is 3.93. The number of rotatable bonds is 2. The van der Waals surface area contributed by atoms with Gasteiger partial charge in [0.15, 0.2) is 0 Å². The minimum absolute atomic E-state index is 0.250. The maximum Gasteiger partial charge on any atom is 0.136 e. The van der Waals surface area contributed by atoms with E-state index in [2.05, 4.69) is 25.8 Å². The third kappa shape index (κ3) is 1.83. The minimum atomic E-state index is 0.250. The first-order valence-electron chi connectivity index (χ1n) is 6.06. The summed E-state index contributed by atoms with van der Waals surface area (Å²) in [7, 11) is 2.15. The topological polar surface area (TPSA) is 29.5 Å². The molecule has 2 fully saturated rings. The van der Waals surface area contributed by atoms with Crippen molar-refractivity contribution in [2.45, 2.75) is 63.8 Å². The van der Waals surface area contributed by atoms with Crippen LogP contribution < -0.4 is 0 Å². The number of piperidine rings is 1. The van der Waals surface area contributed by atoms with E-state index in [1.54, 1.807) is 0 Å². The maximum atomic E-state index is 11.7. The van der Waals surface area contributed by atoms with Gasteiger partial charge in [0.1, 0.15) is 5.78 Å². The van der Waals surface area contributed by atoms with E-state index in [9.17, 15) is 4.79 Å². The average Bonchev–Trinajstić information content (AvgIpc) is 2.21. The summed E-state index contributed by atoms with van der Waals surface area (Å²) in [4.78, 5) is 14.0. The SMILES string of the molecule is CCC1OC(CC)C2CC(=O)CC1N2C. The Labute approximate surface area is 91.8 Å². The Hall–Kier alpha value is -0.410. The smallest absolute Gasteiger partial charge is 0.136 e. The van der Waals surface area contributed by atoms with Gasteiger partial charge >= 0.3 is 0 Å². The highest BCUT2D eigenvalue weighted by molar-refractivity contribution is 5.80. The Bertz CT molecular complexity index is 228. The van der Waals surface area contributed by atoms with Crippen LogP contribution in [-0.2, 0) is 9.53 Å². The summed E-state index contributed by atoms with van der Waals surface area (Å²) in [6.45, 7) is 4.29.